The van der Waals surface area contributed by atoms with Gasteiger partial charge in [-0.05, 0) is 18.2 Å². The Morgan fingerprint density at radius 3 is 2.26 bits per heavy atom. The first kappa shape index (κ1) is 15.9. The van der Waals surface area contributed by atoms with Gasteiger partial charge in [0.15, 0.2) is 0 Å². The molecule has 0 saturated heterocycles. The van der Waals surface area contributed by atoms with Crippen LogP contribution in [0.5, 0.6) is 0 Å². The molecule has 0 amide bonds. The van der Waals surface area contributed by atoms with Gasteiger partial charge in [-0.25, -0.2) is 8.78 Å². The number of halogens is 2. The van der Waals surface area contributed by atoms with Crippen LogP contribution < -0.4 is 5.43 Å². The fraction of sp³-hybridized carbons (Fsp3) is 0. The van der Waals surface area contributed by atoms with Gasteiger partial charge in [-0.1, -0.05) is 6.07 Å². The van der Waals surface area contributed by atoms with Gasteiger partial charge in [0, 0.05) is 6.07 Å². The smallest absolute Gasteiger partial charge is 0.272 e. The maximum Gasteiger partial charge on any atom is 0.301 e. The van der Waals surface area contributed by atoms with Crippen LogP contribution >= 0.6 is 0 Å². The van der Waals surface area contributed by atoms with Gasteiger partial charge in [-0.3, -0.25) is 25.7 Å². The molecule has 0 spiro atoms. The number of nitrogens with zero attached hydrogens (tertiary/aromatic N) is 3. The summed E-state index contributed by atoms with van der Waals surface area (Å²) in [4.78, 5) is 19.9. The van der Waals surface area contributed by atoms with Crippen molar-refractivity contribution >= 4 is 23.3 Å². The molecule has 8 nitrogen and oxygen atoms in total. The Morgan fingerprint density at radius 1 is 1.04 bits per heavy atom. The van der Waals surface area contributed by atoms with E-state index in [9.17, 15) is 29.0 Å². The normalized spacial score (nSPS) is 10.7. The molecule has 0 heterocycles. The molecule has 0 radical (unpaired) electrons. The number of rotatable bonds is 5. The standard InChI is InChI=1S/C13H8F2N4O4/c14-10-2-1-3-11(15)9(10)7-16-17-12-5-4-8(18(20)21)6-13(12)19(22)23/h1-7,17H/b16-7-. The van der Waals surface area contributed by atoms with Crippen molar-refractivity contribution in [3.63, 3.8) is 0 Å². The summed E-state index contributed by atoms with van der Waals surface area (Å²) in [6, 6.07) is 6.09. The SMILES string of the molecule is O=[N+]([O-])c1ccc(N/N=C\c2c(F)cccc2F)c([N+](=O)[O-])c1. The van der Waals surface area contributed by atoms with E-state index in [0.717, 1.165) is 36.5 Å². The molecule has 2 rings (SSSR count). The lowest BCUT2D eigenvalue weighted by molar-refractivity contribution is -0.393. The second-order valence-electron chi connectivity index (χ2n) is 4.22. The summed E-state index contributed by atoms with van der Waals surface area (Å²) < 4.78 is 26.8. The van der Waals surface area contributed by atoms with E-state index in [1.807, 2.05) is 0 Å². The number of nitro benzene ring substituents is 2. The minimum absolute atomic E-state index is 0.159. The topological polar surface area (TPSA) is 111 Å². The lowest BCUT2D eigenvalue weighted by atomic mass is 10.2. The third-order valence-corrected chi connectivity index (χ3v) is 2.77. The maximum absolute atomic E-state index is 13.4. The van der Waals surface area contributed by atoms with Crippen LogP contribution in [0.1, 0.15) is 5.56 Å². The molecule has 0 atom stereocenters. The van der Waals surface area contributed by atoms with Crippen LogP contribution in [0.15, 0.2) is 41.5 Å². The van der Waals surface area contributed by atoms with E-state index in [1.54, 1.807) is 0 Å². The molecule has 0 fully saturated rings. The van der Waals surface area contributed by atoms with Crippen LogP contribution in [0, 0.1) is 31.9 Å². The second kappa shape index (κ2) is 6.56. The molecule has 0 aromatic heterocycles. The highest BCUT2D eigenvalue weighted by atomic mass is 19.1. The van der Waals surface area contributed by atoms with Crippen molar-refractivity contribution in [3.05, 3.63) is 73.8 Å². The van der Waals surface area contributed by atoms with Crippen LogP contribution in [0.2, 0.25) is 0 Å². The van der Waals surface area contributed by atoms with Gasteiger partial charge in [0.2, 0.25) is 0 Å². The number of anilines is 1. The van der Waals surface area contributed by atoms with E-state index in [0.29, 0.717) is 0 Å². The van der Waals surface area contributed by atoms with Crippen molar-refractivity contribution in [1.29, 1.82) is 0 Å². The summed E-state index contributed by atoms with van der Waals surface area (Å²) in [5.41, 5.74) is 0.592. The van der Waals surface area contributed by atoms with Crippen molar-refractivity contribution in [2.75, 3.05) is 5.43 Å². The van der Waals surface area contributed by atoms with Crippen molar-refractivity contribution in [2.45, 2.75) is 0 Å². The summed E-state index contributed by atoms with van der Waals surface area (Å²) in [5, 5.41) is 25.0. The lowest BCUT2D eigenvalue weighted by Gasteiger charge is -2.02. The average Bonchev–Trinajstić information content (AvgIpc) is 2.50. The zero-order chi connectivity index (χ0) is 17.0. The van der Waals surface area contributed by atoms with Gasteiger partial charge in [0.25, 0.3) is 5.69 Å². The fourth-order valence-corrected chi connectivity index (χ4v) is 1.68. The molecule has 0 bridgehead atoms. The lowest BCUT2D eigenvalue weighted by Crippen LogP contribution is -2.00. The number of hydrazone groups is 1. The Bertz CT molecular complexity index is 790. The van der Waals surface area contributed by atoms with Gasteiger partial charge in [0.1, 0.15) is 17.3 Å². The molecule has 2 aromatic rings. The van der Waals surface area contributed by atoms with E-state index in [2.05, 4.69) is 10.5 Å². The Labute approximate surface area is 127 Å². The Kier molecular flexibility index (Phi) is 4.55. The molecule has 1 N–H and O–H groups in total. The van der Waals surface area contributed by atoms with E-state index < -0.39 is 38.4 Å². The molecule has 0 aliphatic carbocycles. The molecule has 2 aromatic carbocycles. The predicted octanol–water partition coefficient (Wildman–Crippen LogP) is 3.23. The first-order valence-electron chi connectivity index (χ1n) is 6.06. The summed E-state index contributed by atoms with van der Waals surface area (Å²) in [6.45, 7) is 0. The van der Waals surface area contributed by atoms with Crippen LogP contribution in [-0.2, 0) is 0 Å². The molecule has 0 aliphatic rings. The highest BCUT2D eigenvalue weighted by molar-refractivity contribution is 5.81. The number of hydrogen-bond acceptors (Lipinski definition) is 6. The number of nitrogens with one attached hydrogen (secondary N) is 1. The molecule has 118 valence electrons. The highest BCUT2D eigenvalue weighted by Gasteiger charge is 2.19. The Hall–Kier alpha value is -3.43. The minimum Gasteiger partial charge on any atom is -0.272 e. The number of hydrogen-bond donors (Lipinski definition) is 1. The van der Waals surface area contributed by atoms with E-state index in [1.165, 1.54) is 6.07 Å². The van der Waals surface area contributed by atoms with Gasteiger partial charge in [-0.15, -0.1) is 0 Å². The van der Waals surface area contributed by atoms with Crippen LogP contribution in [0.25, 0.3) is 0 Å². The third kappa shape index (κ3) is 3.61. The van der Waals surface area contributed by atoms with Crippen LogP contribution in [-0.4, -0.2) is 16.1 Å². The zero-order valence-electron chi connectivity index (χ0n) is 11.3. The minimum atomic E-state index is -0.853. The van der Waals surface area contributed by atoms with Crippen LogP contribution in [0.4, 0.5) is 25.8 Å². The summed E-state index contributed by atoms with van der Waals surface area (Å²) in [5.74, 6) is -1.71. The second-order valence-corrected chi connectivity index (χ2v) is 4.22. The third-order valence-electron chi connectivity index (χ3n) is 2.77. The van der Waals surface area contributed by atoms with E-state index in [4.69, 9.17) is 0 Å². The Morgan fingerprint density at radius 2 is 1.70 bits per heavy atom. The molecule has 23 heavy (non-hydrogen) atoms. The fourth-order valence-electron chi connectivity index (χ4n) is 1.68. The van der Waals surface area contributed by atoms with Gasteiger partial charge in [-0.2, -0.15) is 5.10 Å². The average molecular weight is 322 g/mol. The first-order valence-corrected chi connectivity index (χ1v) is 6.06. The van der Waals surface area contributed by atoms with E-state index in [-0.39, 0.29) is 5.69 Å². The molecule has 0 aliphatic heterocycles. The monoisotopic (exact) mass is 322 g/mol. The quantitative estimate of drug-likeness (QED) is 0.516. The van der Waals surface area contributed by atoms with Crippen molar-refractivity contribution in [3.8, 4) is 0 Å². The number of nitro groups is 2. The molecular formula is C13H8F2N4O4. The van der Waals surface area contributed by atoms with Gasteiger partial charge in [0.05, 0.1) is 27.7 Å². The summed E-state index contributed by atoms with van der Waals surface area (Å²) >= 11 is 0. The molecule has 0 saturated carbocycles. The number of non-ortho nitro benzene ring substituents is 1. The van der Waals surface area contributed by atoms with Gasteiger partial charge < -0.3 is 0 Å². The van der Waals surface area contributed by atoms with Crippen molar-refractivity contribution < 1.29 is 18.6 Å². The Balaban J connectivity index is 2.28. The molecule has 10 heteroatoms. The molecule has 0 unspecified atom stereocenters. The zero-order valence-corrected chi connectivity index (χ0v) is 11.3. The van der Waals surface area contributed by atoms with Crippen molar-refractivity contribution in [2.24, 2.45) is 5.10 Å². The predicted molar refractivity (Wildman–Crippen MR) is 77.3 cm³/mol. The van der Waals surface area contributed by atoms with Crippen molar-refractivity contribution in [1.82, 2.24) is 0 Å². The van der Waals surface area contributed by atoms with E-state index >= 15 is 0 Å². The summed E-state index contributed by atoms with van der Waals surface area (Å²) in [7, 11) is 0. The number of benzene rings is 2. The first-order chi connectivity index (χ1) is 10.9. The highest BCUT2D eigenvalue weighted by Crippen LogP contribution is 2.28. The largest absolute Gasteiger partial charge is 0.301 e. The summed E-state index contributed by atoms with van der Waals surface area (Å²) in [6.07, 6.45) is 0.815. The van der Waals surface area contributed by atoms with Gasteiger partial charge >= 0.3 is 5.69 Å². The maximum atomic E-state index is 13.4. The molecular weight excluding hydrogens is 314 g/mol. The van der Waals surface area contributed by atoms with Crippen LogP contribution in [0.3, 0.4) is 0 Å².